The van der Waals surface area contributed by atoms with Crippen LogP contribution in [-0.4, -0.2) is 38.1 Å². The minimum Gasteiger partial charge on any atom is -0.493 e. The summed E-state index contributed by atoms with van der Waals surface area (Å²) >= 11 is 5.63. The van der Waals surface area contributed by atoms with Gasteiger partial charge in [0.25, 0.3) is 5.91 Å². The van der Waals surface area contributed by atoms with Crippen molar-refractivity contribution in [2.75, 3.05) is 20.8 Å². The van der Waals surface area contributed by atoms with Gasteiger partial charge in [-0.1, -0.05) is 11.6 Å². The van der Waals surface area contributed by atoms with Crippen LogP contribution in [0.3, 0.4) is 0 Å². The molecule has 1 N–H and O–H groups in total. The highest BCUT2D eigenvalue weighted by molar-refractivity contribution is 6.30. The van der Waals surface area contributed by atoms with Crippen molar-refractivity contribution in [3.8, 4) is 17.2 Å². The number of benzene rings is 2. The second-order valence-electron chi connectivity index (χ2n) is 8.39. The van der Waals surface area contributed by atoms with E-state index in [1.54, 1.807) is 25.3 Å². The maximum atomic E-state index is 13.4. The SMILES string of the molecule is COc1ccc(C(=O)CC23CC(NC(=O)COc4ccc(Cl)c(F)c4)(C2)C3)cc1OC. The molecule has 31 heavy (non-hydrogen) atoms. The smallest absolute Gasteiger partial charge is 0.258 e. The van der Waals surface area contributed by atoms with Gasteiger partial charge >= 0.3 is 0 Å². The summed E-state index contributed by atoms with van der Waals surface area (Å²) in [5, 5.41) is 2.99. The highest BCUT2D eigenvalue weighted by atomic mass is 35.5. The van der Waals surface area contributed by atoms with Gasteiger partial charge in [-0.3, -0.25) is 9.59 Å². The van der Waals surface area contributed by atoms with Crippen molar-refractivity contribution in [1.82, 2.24) is 5.32 Å². The van der Waals surface area contributed by atoms with Crippen LogP contribution in [0.4, 0.5) is 4.39 Å². The Morgan fingerprint density at radius 2 is 1.77 bits per heavy atom. The second-order valence-corrected chi connectivity index (χ2v) is 8.80. The molecular formula is C23H23ClFNO5. The molecule has 5 rings (SSSR count). The number of methoxy groups -OCH3 is 2. The maximum absolute atomic E-state index is 13.4. The van der Waals surface area contributed by atoms with Crippen LogP contribution in [0.1, 0.15) is 36.0 Å². The van der Waals surface area contributed by atoms with Gasteiger partial charge in [0.15, 0.2) is 23.9 Å². The van der Waals surface area contributed by atoms with Crippen molar-refractivity contribution < 1.29 is 28.2 Å². The molecule has 164 valence electrons. The Kier molecular flexibility index (Phi) is 5.56. The molecule has 2 aromatic rings. The van der Waals surface area contributed by atoms with E-state index in [9.17, 15) is 14.0 Å². The second kappa shape index (κ2) is 8.04. The van der Waals surface area contributed by atoms with Crippen LogP contribution in [0.5, 0.6) is 17.2 Å². The number of amides is 1. The highest BCUT2D eigenvalue weighted by Gasteiger charge is 2.68. The predicted octanol–water partition coefficient (Wildman–Crippen LogP) is 4.19. The van der Waals surface area contributed by atoms with Crippen LogP contribution in [0.15, 0.2) is 36.4 Å². The van der Waals surface area contributed by atoms with E-state index in [2.05, 4.69) is 5.32 Å². The molecule has 2 aromatic carbocycles. The van der Waals surface area contributed by atoms with Crippen molar-refractivity contribution in [3.63, 3.8) is 0 Å². The molecule has 0 heterocycles. The normalized spacial score (nSPS) is 23.2. The number of nitrogens with one attached hydrogen (secondary N) is 1. The lowest BCUT2D eigenvalue weighted by Crippen LogP contribution is -2.75. The summed E-state index contributed by atoms with van der Waals surface area (Å²) in [6.07, 6.45) is 2.72. The van der Waals surface area contributed by atoms with E-state index in [1.807, 2.05) is 0 Å². The number of ketones is 1. The lowest BCUT2D eigenvalue weighted by molar-refractivity contribution is -0.164. The Balaban J connectivity index is 1.26. The van der Waals surface area contributed by atoms with Crippen molar-refractivity contribution >= 4 is 23.3 Å². The number of rotatable bonds is 9. The van der Waals surface area contributed by atoms with E-state index in [0.717, 1.165) is 25.3 Å². The van der Waals surface area contributed by atoms with Crippen LogP contribution in [0.25, 0.3) is 0 Å². The Hall–Kier alpha value is -2.80. The number of carbonyl (C=O) groups excluding carboxylic acids is 2. The molecule has 0 unspecified atom stereocenters. The van der Waals surface area contributed by atoms with Gasteiger partial charge in [0.05, 0.1) is 19.2 Å². The number of hydrogen-bond acceptors (Lipinski definition) is 5. The van der Waals surface area contributed by atoms with Gasteiger partial charge in [0.2, 0.25) is 0 Å². The molecule has 3 aliphatic carbocycles. The van der Waals surface area contributed by atoms with Crippen LogP contribution in [0, 0.1) is 11.2 Å². The van der Waals surface area contributed by atoms with Gasteiger partial charge in [-0.15, -0.1) is 0 Å². The Labute approximate surface area is 184 Å². The third-order valence-corrected chi connectivity index (χ3v) is 6.35. The molecule has 0 saturated heterocycles. The average molecular weight is 448 g/mol. The third-order valence-electron chi connectivity index (χ3n) is 6.05. The topological polar surface area (TPSA) is 73.9 Å². The minimum absolute atomic E-state index is 0.00130. The lowest BCUT2D eigenvalue weighted by atomic mass is 9.38. The minimum atomic E-state index is -0.597. The first-order valence-electron chi connectivity index (χ1n) is 9.91. The molecular weight excluding hydrogens is 425 g/mol. The highest BCUT2D eigenvalue weighted by Crippen LogP contribution is 2.69. The van der Waals surface area contributed by atoms with Crippen LogP contribution in [-0.2, 0) is 4.79 Å². The molecule has 1 amide bonds. The molecule has 2 bridgehead atoms. The zero-order valence-electron chi connectivity index (χ0n) is 17.3. The van der Waals surface area contributed by atoms with E-state index in [1.165, 1.54) is 19.2 Å². The molecule has 3 saturated carbocycles. The zero-order valence-corrected chi connectivity index (χ0v) is 18.1. The fourth-order valence-corrected chi connectivity index (χ4v) is 4.94. The number of carbonyl (C=O) groups is 2. The largest absolute Gasteiger partial charge is 0.493 e. The Morgan fingerprint density at radius 3 is 2.42 bits per heavy atom. The molecule has 0 radical (unpaired) electrons. The summed E-state index contributed by atoms with van der Waals surface area (Å²) in [7, 11) is 3.08. The Morgan fingerprint density at radius 1 is 1.06 bits per heavy atom. The van der Waals surface area contributed by atoms with Crippen molar-refractivity contribution in [2.24, 2.45) is 5.41 Å². The van der Waals surface area contributed by atoms with E-state index >= 15 is 0 Å². The molecule has 8 heteroatoms. The molecule has 3 fully saturated rings. The summed E-state index contributed by atoms with van der Waals surface area (Å²) in [6, 6.07) is 9.19. The number of halogens is 2. The fourth-order valence-electron chi connectivity index (χ4n) is 4.82. The quantitative estimate of drug-likeness (QED) is 0.583. The molecule has 0 spiro atoms. The molecule has 0 aliphatic heterocycles. The lowest BCUT2D eigenvalue weighted by Gasteiger charge is -2.70. The van der Waals surface area contributed by atoms with Crippen molar-refractivity contribution in [1.29, 1.82) is 0 Å². The monoisotopic (exact) mass is 447 g/mol. The first-order chi connectivity index (χ1) is 14.8. The number of hydrogen-bond donors (Lipinski definition) is 1. The first kappa shape index (κ1) is 21.4. The van der Waals surface area contributed by atoms with Gasteiger partial charge in [0.1, 0.15) is 11.6 Å². The van der Waals surface area contributed by atoms with E-state index < -0.39 is 5.82 Å². The van der Waals surface area contributed by atoms with Crippen LogP contribution in [0.2, 0.25) is 5.02 Å². The van der Waals surface area contributed by atoms with E-state index in [4.69, 9.17) is 25.8 Å². The summed E-state index contributed by atoms with van der Waals surface area (Å²) in [4.78, 5) is 25.0. The van der Waals surface area contributed by atoms with Crippen LogP contribution < -0.4 is 19.5 Å². The molecule has 0 atom stereocenters. The summed E-state index contributed by atoms with van der Waals surface area (Å²) in [5.41, 5.74) is 0.269. The van der Waals surface area contributed by atoms with Crippen molar-refractivity contribution in [2.45, 2.75) is 31.2 Å². The maximum Gasteiger partial charge on any atom is 0.258 e. The van der Waals surface area contributed by atoms with Crippen LogP contribution >= 0.6 is 11.6 Å². The van der Waals surface area contributed by atoms with Gasteiger partial charge in [-0.25, -0.2) is 4.39 Å². The van der Waals surface area contributed by atoms with E-state index in [-0.39, 0.29) is 40.0 Å². The predicted molar refractivity (Wildman–Crippen MR) is 113 cm³/mol. The summed E-state index contributed by atoms with van der Waals surface area (Å²) < 4.78 is 29.3. The summed E-state index contributed by atoms with van der Waals surface area (Å²) in [5.74, 6) is 0.528. The van der Waals surface area contributed by atoms with Gasteiger partial charge in [0, 0.05) is 23.6 Å². The fraction of sp³-hybridized carbons (Fsp3) is 0.391. The third kappa shape index (κ3) is 4.19. The number of Topliss-reactive ketones (excluding diaryl/α,β-unsaturated/α-hetero) is 1. The van der Waals surface area contributed by atoms with Gasteiger partial charge < -0.3 is 19.5 Å². The standard InChI is InChI=1S/C23H23ClFNO5/c1-29-19-6-3-14(7-20(19)30-2)18(27)9-22-11-23(12-22,13-22)26-21(28)10-31-15-4-5-16(24)17(25)8-15/h3-8H,9-13H2,1-2H3,(H,26,28). The summed E-state index contributed by atoms with van der Waals surface area (Å²) in [6.45, 7) is -0.208. The van der Waals surface area contributed by atoms with Crippen molar-refractivity contribution in [3.05, 3.63) is 52.8 Å². The van der Waals surface area contributed by atoms with Gasteiger partial charge in [-0.05, 0) is 55.0 Å². The number of ether oxygens (including phenoxy) is 3. The Bertz CT molecular complexity index is 1020. The average Bonchev–Trinajstić information content (AvgIpc) is 2.71. The molecule has 6 nitrogen and oxygen atoms in total. The molecule has 3 aliphatic rings. The van der Waals surface area contributed by atoms with E-state index in [0.29, 0.717) is 23.5 Å². The zero-order chi connectivity index (χ0) is 22.2. The first-order valence-corrected chi connectivity index (χ1v) is 10.3. The molecule has 0 aromatic heterocycles. The van der Waals surface area contributed by atoms with Gasteiger partial charge in [-0.2, -0.15) is 0 Å².